The van der Waals surface area contributed by atoms with Gasteiger partial charge in [0.15, 0.2) is 0 Å². The molecule has 0 aliphatic heterocycles. The van der Waals surface area contributed by atoms with Crippen LogP contribution in [0.4, 0.5) is 0 Å². The third-order valence-electron chi connectivity index (χ3n) is 2.34. The maximum atomic E-state index is 6.26. The summed E-state index contributed by atoms with van der Waals surface area (Å²) in [6, 6.07) is 4.25. The zero-order chi connectivity index (χ0) is 11.0. The number of rotatable bonds is 2. The van der Waals surface area contributed by atoms with Gasteiger partial charge in [-0.25, -0.2) is 0 Å². The van der Waals surface area contributed by atoms with E-state index in [1.54, 1.807) is 11.3 Å². The normalized spacial score (nSPS) is 13.1. The van der Waals surface area contributed by atoms with Gasteiger partial charge in [-0.3, -0.25) is 0 Å². The maximum absolute atomic E-state index is 6.26. The van der Waals surface area contributed by atoms with Crippen LogP contribution in [0.3, 0.4) is 0 Å². The Hall–Kier alpha value is -0.160. The predicted octanol–water partition coefficient (Wildman–Crippen LogP) is 4.24. The Kier molecular flexibility index (Phi) is 3.30. The second-order valence-corrected chi connectivity index (χ2v) is 6.74. The molecule has 0 spiro atoms. The summed E-state index contributed by atoms with van der Waals surface area (Å²) >= 11 is 7.04. The Morgan fingerprint density at radius 3 is 2.60 bits per heavy atom. The van der Waals surface area contributed by atoms with E-state index in [1.807, 2.05) is 11.3 Å². The van der Waals surface area contributed by atoms with Crippen molar-refractivity contribution in [3.63, 3.8) is 0 Å². The van der Waals surface area contributed by atoms with E-state index in [-0.39, 0.29) is 6.04 Å². The van der Waals surface area contributed by atoms with Crippen LogP contribution >= 0.6 is 38.6 Å². The van der Waals surface area contributed by atoms with Gasteiger partial charge in [0.25, 0.3) is 0 Å². The lowest BCUT2D eigenvalue weighted by Crippen LogP contribution is -2.10. The summed E-state index contributed by atoms with van der Waals surface area (Å²) in [5, 5.41) is 2.06. The number of hydrogen-bond acceptors (Lipinski definition) is 3. The molecule has 0 bridgehead atoms. The molecule has 2 heterocycles. The molecular formula is C11H12BrNS2. The minimum absolute atomic E-state index is 0.00400. The molecule has 4 heteroatoms. The van der Waals surface area contributed by atoms with E-state index in [9.17, 15) is 0 Å². The van der Waals surface area contributed by atoms with E-state index in [2.05, 4.69) is 47.3 Å². The van der Waals surface area contributed by atoms with Gasteiger partial charge >= 0.3 is 0 Å². The smallest absolute Gasteiger partial charge is 0.0668 e. The average Bonchev–Trinajstić information content (AvgIpc) is 2.71. The van der Waals surface area contributed by atoms with Crippen molar-refractivity contribution in [2.45, 2.75) is 19.9 Å². The van der Waals surface area contributed by atoms with Crippen molar-refractivity contribution >= 4 is 38.6 Å². The van der Waals surface area contributed by atoms with Gasteiger partial charge in [-0.15, -0.1) is 22.7 Å². The Morgan fingerprint density at radius 1 is 1.40 bits per heavy atom. The molecule has 15 heavy (non-hydrogen) atoms. The molecule has 0 fully saturated rings. The molecule has 1 atom stereocenters. The van der Waals surface area contributed by atoms with Gasteiger partial charge in [0.1, 0.15) is 0 Å². The standard InChI is InChI=1S/C11H12BrNS2/c1-6-5-8(7(2)15-6)10(13)11-9(12)3-4-14-11/h3-5,10H,13H2,1-2H3. The summed E-state index contributed by atoms with van der Waals surface area (Å²) < 4.78 is 1.11. The second kappa shape index (κ2) is 4.37. The van der Waals surface area contributed by atoms with Crippen LogP contribution in [0.25, 0.3) is 0 Å². The van der Waals surface area contributed by atoms with E-state index in [1.165, 1.54) is 20.2 Å². The van der Waals surface area contributed by atoms with Crippen LogP contribution in [0.5, 0.6) is 0 Å². The van der Waals surface area contributed by atoms with E-state index >= 15 is 0 Å². The SMILES string of the molecule is Cc1cc(C(N)c2sccc2Br)c(C)s1. The first-order valence-electron chi connectivity index (χ1n) is 4.65. The van der Waals surface area contributed by atoms with Crippen molar-refractivity contribution < 1.29 is 0 Å². The van der Waals surface area contributed by atoms with Crippen LogP contribution in [-0.2, 0) is 0 Å². The first kappa shape index (κ1) is 11.3. The predicted molar refractivity (Wildman–Crippen MR) is 71.8 cm³/mol. The molecular weight excluding hydrogens is 290 g/mol. The lowest BCUT2D eigenvalue weighted by molar-refractivity contribution is 0.886. The lowest BCUT2D eigenvalue weighted by Gasteiger charge is -2.10. The van der Waals surface area contributed by atoms with Gasteiger partial charge in [0.2, 0.25) is 0 Å². The molecule has 80 valence electrons. The topological polar surface area (TPSA) is 26.0 Å². The number of thiophene rings is 2. The molecule has 0 amide bonds. The summed E-state index contributed by atoms with van der Waals surface area (Å²) in [5.41, 5.74) is 7.51. The summed E-state index contributed by atoms with van der Waals surface area (Å²) in [6.45, 7) is 4.26. The van der Waals surface area contributed by atoms with E-state index < -0.39 is 0 Å². The van der Waals surface area contributed by atoms with Gasteiger partial charge in [-0.05, 0) is 52.9 Å². The van der Waals surface area contributed by atoms with Crippen molar-refractivity contribution in [1.29, 1.82) is 0 Å². The lowest BCUT2D eigenvalue weighted by atomic mass is 10.1. The Bertz CT molecular complexity index is 473. The minimum Gasteiger partial charge on any atom is -0.320 e. The summed E-state index contributed by atoms with van der Waals surface area (Å²) in [7, 11) is 0. The molecule has 0 aliphatic rings. The van der Waals surface area contributed by atoms with Crippen molar-refractivity contribution in [2.75, 3.05) is 0 Å². The van der Waals surface area contributed by atoms with E-state index in [0.717, 1.165) is 4.47 Å². The molecule has 0 aromatic carbocycles. The van der Waals surface area contributed by atoms with Gasteiger partial charge in [-0.2, -0.15) is 0 Å². The zero-order valence-electron chi connectivity index (χ0n) is 8.58. The molecule has 2 N–H and O–H groups in total. The van der Waals surface area contributed by atoms with Crippen LogP contribution in [0, 0.1) is 13.8 Å². The molecule has 2 aromatic heterocycles. The number of hydrogen-bond donors (Lipinski definition) is 1. The van der Waals surface area contributed by atoms with Gasteiger partial charge < -0.3 is 5.73 Å². The fourth-order valence-corrected chi connectivity index (χ4v) is 4.24. The molecule has 2 aromatic rings. The van der Waals surface area contributed by atoms with Crippen molar-refractivity contribution in [3.8, 4) is 0 Å². The minimum atomic E-state index is 0.00400. The Morgan fingerprint density at radius 2 is 2.13 bits per heavy atom. The van der Waals surface area contributed by atoms with Crippen LogP contribution < -0.4 is 5.73 Å². The van der Waals surface area contributed by atoms with Gasteiger partial charge in [-0.1, -0.05) is 0 Å². The van der Waals surface area contributed by atoms with Gasteiger partial charge in [0, 0.05) is 19.1 Å². The number of nitrogens with two attached hydrogens (primary N) is 1. The maximum Gasteiger partial charge on any atom is 0.0668 e. The quantitative estimate of drug-likeness (QED) is 0.882. The highest BCUT2D eigenvalue weighted by atomic mass is 79.9. The van der Waals surface area contributed by atoms with Crippen LogP contribution in [-0.4, -0.2) is 0 Å². The first-order valence-corrected chi connectivity index (χ1v) is 7.14. The third-order valence-corrected chi connectivity index (χ3v) is 5.28. The molecule has 2 rings (SSSR count). The fourth-order valence-electron chi connectivity index (χ4n) is 1.63. The molecule has 0 radical (unpaired) electrons. The molecule has 1 unspecified atom stereocenters. The van der Waals surface area contributed by atoms with Crippen molar-refractivity contribution in [3.05, 3.63) is 42.2 Å². The summed E-state index contributed by atoms with van der Waals surface area (Å²) in [5.74, 6) is 0. The second-order valence-electron chi connectivity index (χ2n) is 3.48. The van der Waals surface area contributed by atoms with E-state index in [0.29, 0.717) is 0 Å². The van der Waals surface area contributed by atoms with Crippen LogP contribution in [0.15, 0.2) is 22.0 Å². The molecule has 0 aliphatic carbocycles. The largest absolute Gasteiger partial charge is 0.320 e. The van der Waals surface area contributed by atoms with Crippen LogP contribution in [0.1, 0.15) is 26.2 Å². The Balaban J connectivity index is 2.40. The molecule has 0 saturated heterocycles. The monoisotopic (exact) mass is 301 g/mol. The molecule has 0 saturated carbocycles. The third kappa shape index (κ3) is 2.18. The highest BCUT2D eigenvalue weighted by molar-refractivity contribution is 9.10. The first-order chi connectivity index (χ1) is 7.09. The Labute approximate surface area is 106 Å². The van der Waals surface area contributed by atoms with Crippen LogP contribution in [0.2, 0.25) is 0 Å². The van der Waals surface area contributed by atoms with E-state index in [4.69, 9.17) is 5.73 Å². The fraction of sp³-hybridized carbons (Fsp3) is 0.273. The number of aryl methyl sites for hydroxylation is 2. The average molecular weight is 302 g/mol. The zero-order valence-corrected chi connectivity index (χ0v) is 11.8. The van der Waals surface area contributed by atoms with Gasteiger partial charge in [0.05, 0.1) is 6.04 Å². The summed E-state index contributed by atoms with van der Waals surface area (Å²) in [4.78, 5) is 3.85. The highest BCUT2D eigenvalue weighted by Gasteiger charge is 2.17. The molecule has 1 nitrogen and oxygen atoms in total. The highest BCUT2D eigenvalue weighted by Crippen LogP contribution is 2.35. The summed E-state index contributed by atoms with van der Waals surface area (Å²) in [6.07, 6.45) is 0. The van der Waals surface area contributed by atoms with Crippen molar-refractivity contribution in [1.82, 2.24) is 0 Å². The number of halogens is 1. The van der Waals surface area contributed by atoms with Crippen molar-refractivity contribution in [2.24, 2.45) is 5.73 Å².